The topological polar surface area (TPSA) is 92.3 Å². The average Bonchev–Trinajstić information content (AvgIpc) is 3.36. The van der Waals surface area contributed by atoms with Crippen molar-refractivity contribution in [3.8, 4) is 0 Å². The maximum absolute atomic E-state index is 12.8. The maximum atomic E-state index is 12.8. The Hall–Kier alpha value is -2.83. The Morgan fingerprint density at radius 1 is 1.03 bits per heavy atom. The van der Waals surface area contributed by atoms with Crippen LogP contribution in [0.5, 0.6) is 0 Å². The smallest absolute Gasteiger partial charge is 0.245 e. The molecule has 3 heterocycles. The van der Waals surface area contributed by atoms with Crippen LogP contribution < -0.4 is 5.32 Å². The fraction of sp³-hybridized carbons (Fsp3) is 0.500. The van der Waals surface area contributed by atoms with Gasteiger partial charge < -0.3 is 5.32 Å². The van der Waals surface area contributed by atoms with Gasteiger partial charge in [0.25, 0.3) is 0 Å². The van der Waals surface area contributed by atoms with Gasteiger partial charge in [-0.3, -0.25) is 19.3 Å². The van der Waals surface area contributed by atoms with Crippen molar-refractivity contribution in [1.29, 1.82) is 0 Å². The molecule has 29 heavy (non-hydrogen) atoms. The highest BCUT2D eigenvalue weighted by atomic mass is 16.2. The number of nitrogens with one attached hydrogen (secondary N) is 1. The lowest BCUT2D eigenvalue weighted by Crippen LogP contribution is -2.39. The molecule has 1 N–H and O–H groups in total. The maximum Gasteiger partial charge on any atom is 0.245 e. The van der Waals surface area contributed by atoms with E-state index >= 15 is 0 Å². The Labute approximate surface area is 168 Å². The molecule has 3 fully saturated rings. The van der Waals surface area contributed by atoms with Crippen LogP contribution in [0.3, 0.4) is 0 Å². The number of likely N-dealkylation sites (tertiary alicyclic amines) is 1. The van der Waals surface area contributed by atoms with Gasteiger partial charge in [0.15, 0.2) is 5.65 Å². The van der Waals surface area contributed by atoms with Gasteiger partial charge in [-0.25, -0.2) is 9.97 Å². The zero-order valence-corrected chi connectivity index (χ0v) is 16.9. The minimum atomic E-state index is -0.411. The molecule has 4 atom stereocenters. The van der Waals surface area contributed by atoms with Gasteiger partial charge in [0.2, 0.25) is 17.7 Å². The first-order valence-electron chi connectivity index (χ1n) is 10.2. The number of rotatable bonds is 3. The highest BCUT2D eigenvalue weighted by Crippen LogP contribution is 2.56. The predicted molar refractivity (Wildman–Crippen MR) is 107 cm³/mol. The summed E-state index contributed by atoms with van der Waals surface area (Å²) in [6, 6.07) is 3.62. The SMILES string of the molecule is Cc1nc2nc(NC(=O)CN3C(=O)C4C5CCC(C5)C4C3=O)ccc2c(C)c1C. The van der Waals surface area contributed by atoms with Crippen LogP contribution in [0.25, 0.3) is 11.0 Å². The molecule has 0 radical (unpaired) electrons. The van der Waals surface area contributed by atoms with Crippen LogP contribution in [0.2, 0.25) is 0 Å². The van der Waals surface area contributed by atoms with Gasteiger partial charge in [-0.15, -0.1) is 0 Å². The minimum Gasteiger partial charge on any atom is -0.309 e. The van der Waals surface area contributed by atoms with Gasteiger partial charge in [-0.2, -0.15) is 0 Å². The van der Waals surface area contributed by atoms with Crippen LogP contribution in [-0.2, 0) is 14.4 Å². The normalized spacial score (nSPS) is 27.8. The summed E-state index contributed by atoms with van der Waals surface area (Å²) in [6.45, 7) is 5.74. The van der Waals surface area contributed by atoms with E-state index in [1.54, 1.807) is 6.07 Å². The molecule has 5 rings (SSSR count). The first-order chi connectivity index (χ1) is 13.8. The Morgan fingerprint density at radius 3 is 2.34 bits per heavy atom. The molecule has 2 aliphatic carbocycles. The number of hydrogen-bond acceptors (Lipinski definition) is 5. The second kappa shape index (κ2) is 6.34. The predicted octanol–water partition coefficient (Wildman–Crippen LogP) is 2.52. The number of imide groups is 1. The molecular formula is C22H24N4O3. The summed E-state index contributed by atoms with van der Waals surface area (Å²) in [5.41, 5.74) is 3.72. The summed E-state index contributed by atoms with van der Waals surface area (Å²) in [4.78, 5) is 48.2. The number of pyridine rings is 2. The summed E-state index contributed by atoms with van der Waals surface area (Å²) in [7, 11) is 0. The van der Waals surface area contributed by atoms with Crippen molar-refractivity contribution < 1.29 is 14.4 Å². The molecule has 2 aromatic heterocycles. The molecule has 3 amide bonds. The van der Waals surface area contributed by atoms with E-state index in [1.807, 2.05) is 26.8 Å². The third-order valence-corrected chi connectivity index (χ3v) is 7.25. The fourth-order valence-electron chi connectivity index (χ4n) is 5.56. The number of carbonyl (C=O) groups excluding carboxylic acids is 3. The van der Waals surface area contributed by atoms with Crippen molar-refractivity contribution >= 4 is 34.6 Å². The highest BCUT2D eigenvalue weighted by Gasteiger charge is 2.60. The number of anilines is 1. The molecule has 2 saturated carbocycles. The second-order valence-corrected chi connectivity index (χ2v) is 8.71. The van der Waals surface area contributed by atoms with E-state index in [0.29, 0.717) is 23.3 Å². The average molecular weight is 392 g/mol. The monoisotopic (exact) mass is 392 g/mol. The molecule has 2 aromatic rings. The van der Waals surface area contributed by atoms with Crippen molar-refractivity contribution in [2.45, 2.75) is 40.0 Å². The van der Waals surface area contributed by atoms with Gasteiger partial charge >= 0.3 is 0 Å². The van der Waals surface area contributed by atoms with Crippen LogP contribution in [0, 0.1) is 44.4 Å². The lowest BCUT2D eigenvalue weighted by Gasteiger charge is -2.19. The van der Waals surface area contributed by atoms with Gasteiger partial charge in [0.1, 0.15) is 12.4 Å². The van der Waals surface area contributed by atoms with E-state index in [2.05, 4.69) is 15.3 Å². The van der Waals surface area contributed by atoms with Crippen molar-refractivity contribution in [1.82, 2.24) is 14.9 Å². The van der Waals surface area contributed by atoms with Crippen molar-refractivity contribution in [3.05, 3.63) is 29.0 Å². The Kier molecular flexibility index (Phi) is 3.98. The van der Waals surface area contributed by atoms with Crippen LogP contribution >= 0.6 is 0 Å². The van der Waals surface area contributed by atoms with Crippen LogP contribution in [-0.4, -0.2) is 39.1 Å². The molecular weight excluding hydrogens is 368 g/mol. The Bertz CT molecular complexity index is 1050. The molecule has 2 bridgehead atoms. The highest BCUT2D eigenvalue weighted by molar-refractivity contribution is 6.09. The molecule has 7 heteroatoms. The molecule has 1 saturated heterocycles. The third-order valence-electron chi connectivity index (χ3n) is 7.25. The van der Waals surface area contributed by atoms with Gasteiger partial charge in [0, 0.05) is 11.1 Å². The summed E-state index contributed by atoms with van der Waals surface area (Å²) in [5.74, 6) is -0.148. The van der Waals surface area contributed by atoms with E-state index in [0.717, 1.165) is 46.4 Å². The van der Waals surface area contributed by atoms with Crippen LogP contribution in [0.15, 0.2) is 12.1 Å². The quantitative estimate of drug-likeness (QED) is 0.811. The number of hydrogen-bond donors (Lipinski definition) is 1. The standard InChI is InChI=1S/C22H24N4O3/c1-10-11(2)15-6-7-16(25-20(15)23-12(10)3)24-17(27)9-26-21(28)18-13-4-5-14(8-13)19(18)22(26)29/h6-7,13-14,18-19H,4-5,8-9H2,1-3H3,(H,23,24,25,27). The second-order valence-electron chi connectivity index (χ2n) is 8.71. The van der Waals surface area contributed by atoms with E-state index in [-0.39, 0.29) is 30.2 Å². The van der Waals surface area contributed by atoms with Gasteiger partial charge in [-0.1, -0.05) is 0 Å². The number of fused-ring (bicyclic) bond motifs is 6. The van der Waals surface area contributed by atoms with Crippen LogP contribution in [0.4, 0.5) is 5.82 Å². The molecule has 3 aliphatic rings. The molecule has 4 unspecified atom stereocenters. The summed E-state index contributed by atoms with van der Waals surface area (Å²) < 4.78 is 0. The summed E-state index contributed by atoms with van der Waals surface area (Å²) >= 11 is 0. The molecule has 0 spiro atoms. The van der Waals surface area contributed by atoms with E-state index in [4.69, 9.17) is 0 Å². The number of nitrogens with zero attached hydrogens (tertiary/aromatic N) is 3. The Balaban J connectivity index is 1.33. The first-order valence-corrected chi connectivity index (χ1v) is 10.2. The lowest BCUT2D eigenvalue weighted by atomic mass is 9.81. The third kappa shape index (κ3) is 2.67. The number of aryl methyl sites for hydroxylation is 2. The van der Waals surface area contributed by atoms with Crippen molar-refractivity contribution in [2.24, 2.45) is 23.7 Å². The largest absolute Gasteiger partial charge is 0.309 e. The summed E-state index contributed by atoms with van der Waals surface area (Å²) in [6.07, 6.45) is 3.04. The van der Waals surface area contributed by atoms with Crippen molar-refractivity contribution in [2.75, 3.05) is 11.9 Å². The first kappa shape index (κ1) is 18.2. The number of amides is 3. The Morgan fingerprint density at radius 2 is 1.69 bits per heavy atom. The van der Waals surface area contributed by atoms with E-state index < -0.39 is 5.91 Å². The van der Waals surface area contributed by atoms with E-state index in [1.165, 1.54) is 0 Å². The molecule has 1 aliphatic heterocycles. The fourth-order valence-corrected chi connectivity index (χ4v) is 5.56. The summed E-state index contributed by atoms with van der Waals surface area (Å²) in [5, 5.41) is 3.67. The molecule has 150 valence electrons. The lowest BCUT2D eigenvalue weighted by molar-refractivity contribution is -0.143. The number of carbonyl (C=O) groups is 3. The molecule has 7 nitrogen and oxygen atoms in total. The van der Waals surface area contributed by atoms with Gasteiger partial charge in [0.05, 0.1) is 11.8 Å². The van der Waals surface area contributed by atoms with Crippen molar-refractivity contribution in [3.63, 3.8) is 0 Å². The minimum absolute atomic E-state index is 0.169. The van der Waals surface area contributed by atoms with Crippen LogP contribution in [0.1, 0.15) is 36.1 Å². The zero-order chi connectivity index (χ0) is 20.4. The number of aromatic nitrogens is 2. The molecule has 0 aromatic carbocycles. The van der Waals surface area contributed by atoms with E-state index in [9.17, 15) is 14.4 Å². The zero-order valence-electron chi connectivity index (χ0n) is 16.9. The van der Waals surface area contributed by atoms with Gasteiger partial charge in [-0.05, 0) is 75.1 Å².